The van der Waals surface area contributed by atoms with Gasteiger partial charge in [0.05, 0.1) is 18.7 Å². The Morgan fingerprint density at radius 3 is 2.15 bits per heavy atom. The number of nitrogens with zero attached hydrogens (tertiary/aromatic N) is 3. The number of nitrogens with one attached hydrogen (secondary N) is 1. The second kappa shape index (κ2) is 19.6. The van der Waals surface area contributed by atoms with Crippen molar-refractivity contribution in [1.29, 1.82) is 0 Å². The zero-order valence-corrected chi connectivity index (χ0v) is 30.0. The van der Waals surface area contributed by atoms with E-state index in [0.717, 1.165) is 57.1 Å². The molecule has 3 aliphatic carbocycles. The molecule has 3 N–H and O–H groups in total. The van der Waals surface area contributed by atoms with E-state index in [1.165, 1.54) is 25.7 Å². The zero-order chi connectivity index (χ0) is 34.5. The summed E-state index contributed by atoms with van der Waals surface area (Å²) in [5.74, 6) is 0.379. The Labute approximate surface area is 289 Å². The fourth-order valence-electron chi connectivity index (χ4n) is 7.95. The molecule has 0 bridgehead atoms. The van der Waals surface area contributed by atoms with Crippen LogP contribution in [0, 0.1) is 29.6 Å². The summed E-state index contributed by atoms with van der Waals surface area (Å²) in [6.07, 6.45) is 15.8. The third-order valence-electron chi connectivity index (χ3n) is 11.1. The van der Waals surface area contributed by atoms with Gasteiger partial charge in [-0.3, -0.25) is 19.4 Å². The summed E-state index contributed by atoms with van der Waals surface area (Å²) in [5, 5.41) is 25.9. The van der Waals surface area contributed by atoms with Crippen molar-refractivity contribution in [2.75, 3.05) is 26.7 Å². The van der Waals surface area contributed by atoms with E-state index in [1.807, 2.05) is 36.9 Å². The first-order valence-corrected chi connectivity index (χ1v) is 19.2. The maximum Gasteiger partial charge on any atom is 0.241 e. The predicted octanol–water partition coefficient (Wildman–Crippen LogP) is 5.52. The van der Waals surface area contributed by atoms with Crippen LogP contribution in [-0.4, -0.2) is 87.7 Å². The molecule has 3 saturated carbocycles. The Kier molecular flexibility index (Phi) is 15.6. The largest absolute Gasteiger partial charge is 0.390 e. The van der Waals surface area contributed by atoms with E-state index in [4.69, 9.17) is 0 Å². The van der Waals surface area contributed by atoms with Crippen LogP contribution in [0.4, 0.5) is 0 Å². The summed E-state index contributed by atoms with van der Waals surface area (Å²) in [6, 6.07) is 5.24. The first-order chi connectivity index (χ1) is 23.1. The van der Waals surface area contributed by atoms with Gasteiger partial charge in [0.1, 0.15) is 6.10 Å². The number of aliphatic hydroxyl groups excluding tert-OH is 2. The van der Waals surface area contributed by atoms with Gasteiger partial charge in [-0.1, -0.05) is 84.1 Å². The van der Waals surface area contributed by atoms with Crippen molar-refractivity contribution in [3.63, 3.8) is 0 Å². The molecule has 270 valence electrons. The molecule has 0 radical (unpaired) electrons. The van der Waals surface area contributed by atoms with Crippen molar-refractivity contribution in [2.45, 2.75) is 141 Å². The fourth-order valence-corrected chi connectivity index (χ4v) is 7.95. The molecular weight excluding hydrogens is 604 g/mol. The number of carbonyl (C=O) groups excluding carboxylic acids is 3. The molecule has 0 saturated heterocycles. The number of likely N-dealkylation sites (N-methyl/N-ethyl adjacent to an activating group) is 1. The van der Waals surface area contributed by atoms with Crippen LogP contribution in [0.2, 0.25) is 0 Å². The second-order valence-corrected chi connectivity index (χ2v) is 15.7. The van der Waals surface area contributed by atoms with Crippen LogP contribution in [0.25, 0.3) is 0 Å². The molecule has 3 fully saturated rings. The Hall–Kier alpha value is -2.52. The van der Waals surface area contributed by atoms with Crippen LogP contribution >= 0.6 is 0 Å². The summed E-state index contributed by atoms with van der Waals surface area (Å²) in [7, 11) is 1.73. The molecule has 0 aliphatic heterocycles. The van der Waals surface area contributed by atoms with Crippen molar-refractivity contribution in [2.24, 2.45) is 29.6 Å². The van der Waals surface area contributed by atoms with Crippen LogP contribution in [0.1, 0.15) is 122 Å². The lowest BCUT2D eigenvalue weighted by Crippen LogP contribution is -2.55. The molecule has 3 aliphatic rings. The highest BCUT2D eigenvalue weighted by atomic mass is 16.3. The van der Waals surface area contributed by atoms with E-state index < -0.39 is 24.2 Å². The number of carbonyl (C=O) groups is 3. The van der Waals surface area contributed by atoms with Gasteiger partial charge in [0.2, 0.25) is 17.7 Å². The number of hydrogen-bond acceptors (Lipinski definition) is 6. The van der Waals surface area contributed by atoms with E-state index in [0.29, 0.717) is 56.5 Å². The van der Waals surface area contributed by atoms with Gasteiger partial charge >= 0.3 is 0 Å². The highest BCUT2D eigenvalue weighted by Gasteiger charge is 2.41. The van der Waals surface area contributed by atoms with E-state index in [-0.39, 0.29) is 36.6 Å². The first kappa shape index (κ1) is 38.3. The smallest absolute Gasteiger partial charge is 0.241 e. The van der Waals surface area contributed by atoms with Gasteiger partial charge < -0.3 is 25.3 Å². The first-order valence-electron chi connectivity index (χ1n) is 19.2. The van der Waals surface area contributed by atoms with Gasteiger partial charge in [-0.25, -0.2) is 0 Å². The Morgan fingerprint density at radius 2 is 1.54 bits per heavy atom. The monoisotopic (exact) mass is 668 g/mol. The lowest BCUT2D eigenvalue weighted by atomic mass is 9.80. The molecule has 1 heterocycles. The Morgan fingerprint density at radius 1 is 0.896 bits per heavy atom. The van der Waals surface area contributed by atoms with Gasteiger partial charge in [0.25, 0.3) is 0 Å². The molecule has 0 spiro atoms. The maximum atomic E-state index is 14.8. The van der Waals surface area contributed by atoms with E-state index >= 15 is 0 Å². The van der Waals surface area contributed by atoms with Crippen LogP contribution in [0.3, 0.4) is 0 Å². The van der Waals surface area contributed by atoms with E-state index in [9.17, 15) is 24.6 Å². The summed E-state index contributed by atoms with van der Waals surface area (Å²) >= 11 is 0. The third kappa shape index (κ3) is 12.7. The van der Waals surface area contributed by atoms with Gasteiger partial charge in [0, 0.05) is 50.8 Å². The average Bonchev–Trinajstić information content (AvgIpc) is 3.92. The van der Waals surface area contributed by atoms with E-state index in [2.05, 4.69) is 10.3 Å². The summed E-state index contributed by atoms with van der Waals surface area (Å²) in [6.45, 7) is 5.05. The topological polar surface area (TPSA) is 123 Å². The van der Waals surface area contributed by atoms with Crippen molar-refractivity contribution in [3.8, 4) is 0 Å². The number of hydrogen-bond donors (Lipinski definition) is 3. The highest BCUT2D eigenvalue weighted by Crippen LogP contribution is 2.39. The molecule has 48 heavy (non-hydrogen) atoms. The number of aromatic nitrogens is 1. The number of amides is 3. The van der Waals surface area contributed by atoms with Crippen LogP contribution < -0.4 is 5.32 Å². The SMILES string of the molecule is CC(C)C[C@H](O)[C@H](O)[C@H](CC1CCCCC1)N(CC1CCCCC1)C(=O)[C@@H](CC(=O)NCC(=O)N(C)CCc1ccccn1)CC1CC1. The molecule has 9 heteroatoms. The third-order valence-corrected chi connectivity index (χ3v) is 11.1. The van der Waals surface area contributed by atoms with Crippen molar-refractivity contribution < 1.29 is 24.6 Å². The zero-order valence-electron chi connectivity index (χ0n) is 30.0. The second-order valence-electron chi connectivity index (χ2n) is 15.7. The van der Waals surface area contributed by atoms with Crippen LogP contribution in [0.5, 0.6) is 0 Å². The Bertz CT molecular complexity index is 1120. The lowest BCUT2D eigenvalue weighted by Gasteiger charge is -2.43. The van der Waals surface area contributed by atoms with Gasteiger partial charge in [0.15, 0.2) is 0 Å². The summed E-state index contributed by atoms with van der Waals surface area (Å²) in [5.41, 5.74) is 0.907. The minimum Gasteiger partial charge on any atom is -0.390 e. The molecule has 3 amide bonds. The molecule has 1 aromatic heterocycles. The average molecular weight is 669 g/mol. The van der Waals surface area contributed by atoms with Gasteiger partial charge in [-0.05, 0) is 67.9 Å². The number of pyridine rings is 1. The Balaban J connectivity index is 1.47. The molecule has 0 unspecified atom stereocenters. The lowest BCUT2D eigenvalue weighted by molar-refractivity contribution is -0.148. The summed E-state index contributed by atoms with van der Waals surface area (Å²) < 4.78 is 0. The number of aliphatic hydroxyl groups is 2. The molecule has 0 aromatic carbocycles. The van der Waals surface area contributed by atoms with Crippen molar-refractivity contribution >= 4 is 17.7 Å². The molecule has 4 atom stereocenters. The fraction of sp³-hybridized carbons (Fsp3) is 0.795. The standard InChI is InChI=1S/C39H64N4O5/c1-28(2)22-35(44)38(47)34(24-29-12-6-4-7-13-29)43(27-31-14-8-5-9-15-31)39(48)32(23-30-17-18-30)25-36(45)41-26-37(46)42(3)21-19-33-16-10-11-20-40-33/h10-11,16,20,28-32,34-35,38,44,47H,4-9,12-15,17-19,21-27H2,1-3H3,(H,41,45)/t32-,34+,35+,38-/m1/s1. The van der Waals surface area contributed by atoms with E-state index in [1.54, 1.807) is 18.1 Å². The molecule has 4 rings (SSSR count). The van der Waals surface area contributed by atoms with Gasteiger partial charge in [-0.2, -0.15) is 0 Å². The predicted molar refractivity (Wildman–Crippen MR) is 189 cm³/mol. The summed E-state index contributed by atoms with van der Waals surface area (Å²) in [4.78, 5) is 48.9. The quantitative estimate of drug-likeness (QED) is 0.179. The molecular formula is C39H64N4O5. The molecule has 1 aromatic rings. The minimum absolute atomic E-state index is 0.0300. The van der Waals surface area contributed by atoms with Crippen LogP contribution in [-0.2, 0) is 20.8 Å². The maximum absolute atomic E-state index is 14.8. The normalized spacial score (nSPS) is 20.1. The van der Waals surface area contributed by atoms with Gasteiger partial charge in [-0.15, -0.1) is 0 Å². The van der Waals surface area contributed by atoms with Crippen molar-refractivity contribution in [3.05, 3.63) is 30.1 Å². The number of rotatable bonds is 19. The van der Waals surface area contributed by atoms with Crippen LogP contribution in [0.15, 0.2) is 24.4 Å². The highest BCUT2D eigenvalue weighted by molar-refractivity contribution is 5.88. The van der Waals surface area contributed by atoms with Crippen molar-refractivity contribution in [1.82, 2.24) is 20.1 Å². The minimum atomic E-state index is -1.03. The molecule has 9 nitrogen and oxygen atoms in total.